The van der Waals surface area contributed by atoms with Crippen LogP contribution in [0, 0.1) is 6.92 Å². The van der Waals surface area contributed by atoms with Crippen LogP contribution >= 0.6 is 11.6 Å². The summed E-state index contributed by atoms with van der Waals surface area (Å²) < 4.78 is 5.45. The summed E-state index contributed by atoms with van der Waals surface area (Å²) in [7, 11) is 0. The fraction of sp³-hybridized carbons (Fsp3) is 0.588. The summed E-state index contributed by atoms with van der Waals surface area (Å²) in [6.07, 6.45) is 2.46. The van der Waals surface area contributed by atoms with Crippen molar-refractivity contribution in [3.05, 3.63) is 28.8 Å². The van der Waals surface area contributed by atoms with Gasteiger partial charge in [0.1, 0.15) is 5.75 Å². The van der Waals surface area contributed by atoms with E-state index in [0.29, 0.717) is 17.3 Å². The third-order valence-electron chi connectivity index (χ3n) is 4.03. The number of aryl methyl sites for hydroxylation is 1. The Morgan fingerprint density at radius 1 is 1.43 bits per heavy atom. The van der Waals surface area contributed by atoms with E-state index in [1.165, 1.54) is 0 Å². The maximum atomic E-state index is 11.8. The van der Waals surface area contributed by atoms with E-state index in [-0.39, 0.29) is 18.6 Å². The number of carbonyl (C=O) groups is 1. The number of aliphatic hydroxyl groups is 1. The number of aliphatic hydroxyl groups excluding tert-OH is 1. The van der Waals surface area contributed by atoms with Crippen LogP contribution in [-0.4, -0.2) is 54.8 Å². The highest BCUT2D eigenvalue weighted by molar-refractivity contribution is 6.31. The summed E-state index contributed by atoms with van der Waals surface area (Å²) in [6.45, 7) is 5.37. The zero-order chi connectivity index (χ0) is 16.7. The van der Waals surface area contributed by atoms with Crippen molar-refractivity contribution in [3.8, 4) is 5.75 Å². The summed E-state index contributed by atoms with van der Waals surface area (Å²) in [5.74, 6) is 0.528. The van der Waals surface area contributed by atoms with Crippen molar-refractivity contribution in [2.75, 3.05) is 32.8 Å². The Morgan fingerprint density at radius 3 is 2.87 bits per heavy atom. The number of piperidine rings is 1. The highest BCUT2D eigenvalue weighted by Crippen LogP contribution is 2.20. The standard InChI is InChI=1S/C17H25ClN2O3/c1-13-11-15(3-4-16(13)18)23-12-17(22)19-7-2-8-20-9-5-14(21)6-10-20/h3-4,11,14,21H,2,5-10,12H2,1H3,(H,19,22). The number of hydrogen-bond donors (Lipinski definition) is 2. The fourth-order valence-corrected chi connectivity index (χ4v) is 2.70. The number of halogens is 1. The molecule has 1 aromatic carbocycles. The molecule has 1 aromatic rings. The maximum Gasteiger partial charge on any atom is 0.257 e. The molecule has 0 aromatic heterocycles. The van der Waals surface area contributed by atoms with Gasteiger partial charge in [0.05, 0.1) is 6.10 Å². The van der Waals surface area contributed by atoms with Gasteiger partial charge in [-0.25, -0.2) is 0 Å². The number of benzene rings is 1. The van der Waals surface area contributed by atoms with E-state index in [1.54, 1.807) is 12.1 Å². The van der Waals surface area contributed by atoms with Crippen LogP contribution in [0.25, 0.3) is 0 Å². The zero-order valence-electron chi connectivity index (χ0n) is 13.6. The molecule has 0 spiro atoms. The molecule has 6 heteroatoms. The summed E-state index contributed by atoms with van der Waals surface area (Å²) in [5, 5.41) is 13.0. The lowest BCUT2D eigenvalue weighted by molar-refractivity contribution is -0.123. The summed E-state index contributed by atoms with van der Waals surface area (Å²) in [6, 6.07) is 5.34. The van der Waals surface area contributed by atoms with Crippen LogP contribution in [0.4, 0.5) is 0 Å². The second-order valence-corrected chi connectivity index (χ2v) is 6.38. The average molecular weight is 341 g/mol. The van der Waals surface area contributed by atoms with Crippen molar-refractivity contribution in [2.24, 2.45) is 0 Å². The molecule has 0 bridgehead atoms. The molecule has 1 fully saturated rings. The first-order valence-electron chi connectivity index (χ1n) is 8.10. The number of amides is 1. The smallest absolute Gasteiger partial charge is 0.257 e. The predicted molar refractivity (Wildman–Crippen MR) is 91.0 cm³/mol. The molecule has 0 saturated carbocycles. The monoisotopic (exact) mass is 340 g/mol. The van der Waals surface area contributed by atoms with Gasteiger partial charge in [0.15, 0.2) is 6.61 Å². The van der Waals surface area contributed by atoms with Crippen LogP contribution in [0.5, 0.6) is 5.75 Å². The third-order valence-corrected chi connectivity index (χ3v) is 4.45. The van der Waals surface area contributed by atoms with Crippen molar-refractivity contribution >= 4 is 17.5 Å². The number of hydrogen-bond acceptors (Lipinski definition) is 4. The van der Waals surface area contributed by atoms with Crippen LogP contribution in [0.2, 0.25) is 5.02 Å². The number of likely N-dealkylation sites (tertiary alicyclic amines) is 1. The molecule has 0 unspecified atom stereocenters. The number of nitrogens with one attached hydrogen (secondary N) is 1. The largest absolute Gasteiger partial charge is 0.484 e. The lowest BCUT2D eigenvalue weighted by atomic mass is 10.1. The first-order valence-corrected chi connectivity index (χ1v) is 8.48. The number of carbonyl (C=O) groups excluding carboxylic acids is 1. The van der Waals surface area contributed by atoms with E-state index in [0.717, 1.165) is 44.5 Å². The molecule has 1 saturated heterocycles. The van der Waals surface area contributed by atoms with E-state index in [1.807, 2.05) is 13.0 Å². The number of ether oxygens (including phenoxy) is 1. The normalized spacial score (nSPS) is 16.3. The Morgan fingerprint density at radius 2 is 2.17 bits per heavy atom. The Kier molecular flexibility index (Phi) is 7.15. The minimum atomic E-state index is -0.139. The third kappa shape index (κ3) is 6.37. The van der Waals surface area contributed by atoms with Gasteiger partial charge in [0, 0.05) is 24.7 Å². The van der Waals surface area contributed by atoms with E-state index in [2.05, 4.69) is 10.2 Å². The molecular formula is C17H25ClN2O3. The second-order valence-electron chi connectivity index (χ2n) is 5.98. The molecule has 2 rings (SSSR count). The molecular weight excluding hydrogens is 316 g/mol. The van der Waals surface area contributed by atoms with Gasteiger partial charge in [0.2, 0.25) is 0 Å². The van der Waals surface area contributed by atoms with Gasteiger partial charge in [-0.1, -0.05) is 11.6 Å². The van der Waals surface area contributed by atoms with Crippen LogP contribution in [-0.2, 0) is 4.79 Å². The van der Waals surface area contributed by atoms with Crippen molar-refractivity contribution in [3.63, 3.8) is 0 Å². The molecule has 0 aliphatic carbocycles. The molecule has 1 aliphatic heterocycles. The molecule has 5 nitrogen and oxygen atoms in total. The lowest BCUT2D eigenvalue weighted by Gasteiger charge is -2.29. The summed E-state index contributed by atoms with van der Waals surface area (Å²) >= 11 is 5.95. The number of rotatable bonds is 7. The van der Waals surface area contributed by atoms with Gasteiger partial charge in [-0.3, -0.25) is 4.79 Å². The Hall–Kier alpha value is -1.30. The van der Waals surface area contributed by atoms with Gasteiger partial charge >= 0.3 is 0 Å². The molecule has 0 atom stereocenters. The highest BCUT2D eigenvalue weighted by Gasteiger charge is 2.16. The van der Waals surface area contributed by atoms with E-state index >= 15 is 0 Å². The zero-order valence-corrected chi connectivity index (χ0v) is 14.3. The summed E-state index contributed by atoms with van der Waals surface area (Å²) in [4.78, 5) is 14.1. The van der Waals surface area contributed by atoms with Gasteiger partial charge in [-0.2, -0.15) is 0 Å². The Labute approximate surface area is 142 Å². The number of nitrogens with zero attached hydrogens (tertiary/aromatic N) is 1. The van der Waals surface area contributed by atoms with Crippen LogP contribution in [0.3, 0.4) is 0 Å². The Bertz CT molecular complexity index is 517. The van der Waals surface area contributed by atoms with Crippen molar-refractivity contribution < 1.29 is 14.6 Å². The van der Waals surface area contributed by atoms with Crippen molar-refractivity contribution in [1.29, 1.82) is 0 Å². The fourth-order valence-electron chi connectivity index (χ4n) is 2.58. The van der Waals surface area contributed by atoms with E-state index < -0.39 is 0 Å². The quantitative estimate of drug-likeness (QED) is 0.745. The highest BCUT2D eigenvalue weighted by atomic mass is 35.5. The second kappa shape index (κ2) is 9.11. The van der Waals surface area contributed by atoms with Crippen LogP contribution in [0.1, 0.15) is 24.8 Å². The lowest BCUT2D eigenvalue weighted by Crippen LogP contribution is -2.38. The predicted octanol–water partition coefficient (Wildman–Crippen LogP) is 1.99. The molecule has 1 aliphatic rings. The molecule has 128 valence electrons. The van der Waals surface area contributed by atoms with Crippen LogP contribution < -0.4 is 10.1 Å². The van der Waals surface area contributed by atoms with Crippen molar-refractivity contribution in [2.45, 2.75) is 32.3 Å². The van der Waals surface area contributed by atoms with E-state index in [4.69, 9.17) is 16.3 Å². The first kappa shape index (κ1) is 18.0. The molecule has 1 amide bonds. The minimum Gasteiger partial charge on any atom is -0.484 e. The maximum absolute atomic E-state index is 11.8. The van der Waals surface area contributed by atoms with E-state index in [9.17, 15) is 9.90 Å². The van der Waals surface area contributed by atoms with Gasteiger partial charge < -0.3 is 20.1 Å². The van der Waals surface area contributed by atoms with Gasteiger partial charge in [0.25, 0.3) is 5.91 Å². The van der Waals surface area contributed by atoms with Gasteiger partial charge in [-0.15, -0.1) is 0 Å². The minimum absolute atomic E-state index is 0.0109. The van der Waals surface area contributed by atoms with Gasteiger partial charge in [-0.05, 0) is 56.5 Å². The SMILES string of the molecule is Cc1cc(OCC(=O)NCCCN2CCC(O)CC2)ccc1Cl. The molecule has 2 N–H and O–H groups in total. The molecule has 1 heterocycles. The summed E-state index contributed by atoms with van der Waals surface area (Å²) in [5.41, 5.74) is 0.927. The van der Waals surface area contributed by atoms with Crippen molar-refractivity contribution in [1.82, 2.24) is 10.2 Å². The molecule has 0 radical (unpaired) electrons. The Balaban J connectivity index is 1.57. The molecule has 23 heavy (non-hydrogen) atoms. The van der Waals surface area contributed by atoms with Crippen LogP contribution in [0.15, 0.2) is 18.2 Å². The average Bonchev–Trinajstić information content (AvgIpc) is 2.54. The topological polar surface area (TPSA) is 61.8 Å². The first-order chi connectivity index (χ1) is 11.0.